The molecule has 1 fully saturated rings. The molecule has 0 radical (unpaired) electrons. The minimum atomic E-state index is -2.91. The SMILES string of the molecule is CCS(=O)(=O)CCCC1(O)CCC(c2ccccc2)CC1. The van der Waals surface area contributed by atoms with Crippen LogP contribution >= 0.6 is 0 Å². The Morgan fingerprint density at radius 1 is 1.19 bits per heavy atom. The average molecular weight is 310 g/mol. The van der Waals surface area contributed by atoms with Gasteiger partial charge in [-0.15, -0.1) is 0 Å². The van der Waals surface area contributed by atoms with Crippen molar-refractivity contribution in [2.45, 2.75) is 57.0 Å². The fourth-order valence-corrected chi connectivity index (χ4v) is 4.10. The van der Waals surface area contributed by atoms with Gasteiger partial charge in [0.25, 0.3) is 0 Å². The zero-order valence-corrected chi connectivity index (χ0v) is 13.6. The first-order chi connectivity index (χ1) is 9.94. The van der Waals surface area contributed by atoms with E-state index in [0.717, 1.165) is 25.7 Å². The second-order valence-electron chi connectivity index (χ2n) is 6.25. The monoisotopic (exact) mass is 310 g/mol. The minimum absolute atomic E-state index is 0.196. The summed E-state index contributed by atoms with van der Waals surface area (Å²) in [4.78, 5) is 0. The van der Waals surface area contributed by atoms with Gasteiger partial charge in [0.05, 0.1) is 11.4 Å². The highest BCUT2D eigenvalue weighted by Gasteiger charge is 2.33. The van der Waals surface area contributed by atoms with E-state index in [1.54, 1.807) is 6.92 Å². The molecule has 3 nitrogen and oxygen atoms in total. The normalized spacial score (nSPS) is 26.7. The Hall–Kier alpha value is -0.870. The predicted octanol–water partition coefficient (Wildman–Crippen LogP) is 3.29. The van der Waals surface area contributed by atoms with E-state index in [1.165, 1.54) is 5.56 Å². The molecule has 0 atom stereocenters. The number of benzene rings is 1. The molecule has 21 heavy (non-hydrogen) atoms. The summed E-state index contributed by atoms with van der Waals surface area (Å²) in [6, 6.07) is 10.5. The summed E-state index contributed by atoms with van der Waals surface area (Å²) in [6.07, 6.45) is 4.70. The maximum Gasteiger partial charge on any atom is 0.150 e. The van der Waals surface area contributed by atoms with E-state index in [-0.39, 0.29) is 11.5 Å². The topological polar surface area (TPSA) is 54.4 Å². The molecule has 1 N–H and O–H groups in total. The van der Waals surface area contributed by atoms with Gasteiger partial charge >= 0.3 is 0 Å². The largest absolute Gasteiger partial charge is 0.390 e. The second kappa shape index (κ2) is 6.93. The van der Waals surface area contributed by atoms with E-state index in [4.69, 9.17) is 0 Å². The lowest BCUT2D eigenvalue weighted by Gasteiger charge is -2.36. The predicted molar refractivity (Wildman–Crippen MR) is 86.2 cm³/mol. The van der Waals surface area contributed by atoms with Crippen molar-refractivity contribution in [2.75, 3.05) is 11.5 Å². The van der Waals surface area contributed by atoms with Crippen molar-refractivity contribution in [2.24, 2.45) is 0 Å². The first kappa shape index (κ1) is 16.5. The lowest BCUT2D eigenvalue weighted by atomic mass is 9.74. The van der Waals surface area contributed by atoms with Crippen LogP contribution in [0, 0.1) is 0 Å². The van der Waals surface area contributed by atoms with Gasteiger partial charge in [0.1, 0.15) is 9.84 Å². The average Bonchev–Trinajstić information content (AvgIpc) is 2.48. The highest BCUT2D eigenvalue weighted by atomic mass is 32.2. The van der Waals surface area contributed by atoms with E-state index in [0.29, 0.717) is 18.8 Å². The van der Waals surface area contributed by atoms with Crippen molar-refractivity contribution in [3.05, 3.63) is 35.9 Å². The first-order valence-corrected chi connectivity index (χ1v) is 9.74. The number of hydrogen-bond donors (Lipinski definition) is 1. The molecule has 0 amide bonds. The molecule has 0 spiro atoms. The summed E-state index contributed by atoms with van der Waals surface area (Å²) < 4.78 is 23.0. The second-order valence-corrected chi connectivity index (χ2v) is 8.72. The van der Waals surface area contributed by atoms with Gasteiger partial charge < -0.3 is 5.11 Å². The van der Waals surface area contributed by atoms with Crippen LogP contribution in [0.4, 0.5) is 0 Å². The van der Waals surface area contributed by atoms with Crippen molar-refractivity contribution in [1.82, 2.24) is 0 Å². The summed E-state index contributed by atoms with van der Waals surface area (Å²) >= 11 is 0. The molecule has 0 heterocycles. The highest BCUT2D eigenvalue weighted by Crippen LogP contribution is 2.39. The van der Waals surface area contributed by atoms with Crippen LogP contribution in [0.2, 0.25) is 0 Å². The van der Waals surface area contributed by atoms with Crippen LogP contribution in [0.15, 0.2) is 30.3 Å². The quantitative estimate of drug-likeness (QED) is 0.877. The van der Waals surface area contributed by atoms with Crippen LogP contribution in [-0.2, 0) is 9.84 Å². The van der Waals surface area contributed by atoms with E-state index < -0.39 is 15.4 Å². The molecule has 0 unspecified atom stereocenters. The van der Waals surface area contributed by atoms with Gasteiger partial charge in [-0.3, -0.25) is 0 Å². The number of rotatable bonds is 6. The smallest absolute Gasteiger partial charge is 0.150 e. The van der Waals surface area contributed by atoms with Gasteiger partial charge in [0.15, 0.2) is 0 Å². The van der Waals surface area contributed by atoms with E-state index in [1.807, 2.05) is 6.07 Å². The Labute approximate surface area is 128 Å². The Morgan fingerprint density at radius 3 is 2.38 bits per heavy atom. The van der Waals surface area contributed by atoms with E-state index >= 15 is 0 Å². The van der Waals surface area contributed by atoms with Crippen LogP contribution < -0.4 is 0 Å². The summed E-state index contributed by atoms with van der Waals surface area (Å²) in [7, 11) is -2.91. The van der Waals surface area contributed by atoms with Crippen molar-refractivity contribution < 1.29 is 13.5 Å². The molecular weight excluding hydrogens is 284 g/mol. The molecule has 2 rings (SSSR count). The minimum Gasteiger partial charge on any atom is -0.390 e. The lowest BCUT2D eigenvalue weighted by molar-refractivity contribution is -0.00882. The molecule has 0 bridgehead atoms. The summed E-state index contributed by atoms with van der Waals surface area (Å²) in [6.45, 7) is 1.68. The number of sulfone groups is 1. The van der Waals surface area contributed by atoms with Crippen molar-refractivity contribution in [3.63, 3.8) is 0 Å². The summed E-state index contributed by atoms with van der Waals surface area (Å²) in [5, 5.41) is 10.6. The molecule has 118 valence electrons. The van der Waals surface area contributed by atoms with Gasteiger partial charge in [-0.25, -0.2) is 8.42 Å². The van der Waals surface area contributed by atoms with Gasteiger partial charge in [0, 0.05) is 5.75 Å². The maximum atomic E-state index is 11.5. The molecule has 0 aromatic heterocycles. The summed E-state index contributed by atoms with van der Waals surface area (Å²) in [5.74, 6) is 0.931. The molecule has 1 saturated carbocycles. The van der Waals surface area contributed by atoms with Crippen LogP contribution in [0.5, 0.6) is 0 Å². The third-order valence-electron chi connectivity index (χ3n) is 4.72. The van der Waals surface area contributed by atoms with Crippen molar-refractivity contribution >= 4 is 9.84 Å². The van der Waals surface area contributed by atoms with Gasteiger partial charge in [0.2, 0.25) is 0 Å². The van der Waals surface area contributed by atoms with Crippen molar-refractivity contribution in [3.8, 4) is 0 Å². The van der Waals surface area contributed by atoms with E-state index in [9.17, 15) is 13.5 Å². The fourth-order valence-electron chi connectivity index (χ4n) is 3.23. The lowest BCUT2D eigenvalue weighted by Crippen LogP contribution is -2.34. The third kappa shape index (κ3) is 4.82. The van der Waals surface area contributed by atoms with Crippen LogP contribution in [0.25, 0.3) is 0 Å². The van der Waals surface area contributed by atoms with Gasteiger partial charge in [-0.2, -0.15) is 0 Å². The molecule has 0 saturated heterocycles. The molecule has 0 aliphatic heterocycles. The Bertz CT molecular complexity index is 528. The zero-order valence-electron chi connectivity index (χ0n) is 12.8. The molecule has 4 heteroatoms. The van der Waals surface area contributed by atoms with E-state index in [2.05, 4.69) is 24.3 Å². The summed E-state index contributed by atoms with van der Waals surface area (Å²) in [5.41, 5.74) is 0.697. The first-order valence-electron chi connectivity index (χ1n) is 7.92. The molecular formula is C17H26O3S. The van der Waals surface area contributed by atoms with Crippen LogP contribution in [0.3, 0.4) is 0 Å². The Morgan fingerprint density at radius 2 is 1.81 bits per heavy atom. The zero-order chi connectivity index (χ0) is 15.3. The third-order valence-corrected chi connectivity index (χ3v) is 6.51. The van der Waals surface area contributed by atoms with Crippen molar-refractivity contribution in [1.29, 1.82) is 0 Å². The maximum absolute atomic E-state index is 11.5. The van der Waals surface area contributed by atoms with Gasteiger partial charge in [-0.1, -0.05) is 37.3 Å². The molecule has 1 aliphatic carbocycles. The number of aliphatic hydroxyl groups is 1. The Balaban J connectivity index is 1.82. The Kier molecular flexibility index (Phi) is 5.44. The molecule has 1 aromatic rings. The number of hydrogen-bond acceptors (Lipinski definition) is 3. The van der Waals surface area contributed by atoms with Crippen LogP contribution in [0.1, 0.15) is 56.9 Å². The molecule has 1 aliphatic rings. The standard InChI is InChI=1S/C17H26O3S/c1-2-21(19,20)14-6-11-17(18)12-9-16(10-13-17)15-7-4-3-5-8-15/h3-5,7-8,16,18H,2,6,9-14H2,1H3. The molecule has 1 aromatic carbocycles. The van der Waals surface area contributed by atoms with Crippen LogP contribution in [-0.4, -0.2) is 30.6 Å². The fraction of sp³-hybridized carbons (Fsp3) is 0.647. The highest BCUT2D eigenvalue weighted by molar-refractivity contribution is 7.91. The van der Waals surface area contributed by atoms with Gasteiger partial charge in [-0.05, 0) is 50.0 Å².